The highest BCUT2D eigenvalue weighted by atomic mass is 16.5. The number of aromatic nitrogens is 2. The van der Waals surface area contributed by atoms with Crippen molar-refractivity contribution in [2.75, 3.05) is 26.3 Å². The number of piperidine rings is 1. The lowest BCUT2D eigenvalue weighted by Crippen LogP contribution is -2.31. The van der Waals surface area contributed by atoms with E-state index in [1.54, 1.807) is 0 Å². The molecule has 6 heteroatoms. The van der Waals surface area contributed by atoms with Crippen molar-refractivity contribution in [2.45, 2.75) is 38.9 Å². The summed E-state index contributed by atoms with van der Waals surface area (Å²) in [4.78, 5) is 17.4. The van der Waals surface area contributed by atoms with Crippen molar-refractivity contribution < 1.29 is 9.53 Å². The van der Waals surface area contributed by atoms with Crippen LogP contribution in [-0.4, -0.2) is 51.8 Å². The summed E-state index contributed by atoms with van der Waals surface area (Å²) in [6.45, 7) is 6.34. The van der Waals surface area contributed by atoms with Crippen LogP contribution < -0.4 is 0 Å². The van der Waals surface area contributed by atoms with Gasteiger partial charge >= 0.3 is 0 Å². The Morgan fingerprint density at radius 3 is 2.67 bits per heavy atom. The summed E-state index contributed by atoms with van der Waals surface area (Å²) in [5.41, 5.74) is 3.72. The Labute approximate surface area is 142 Å². The zero-order valence-electron chi connectivity index (χ0n) is 14.4. The molecule has 3 aliphatic heterocycles. The molecule has 0 spiro atoms. The predicted octanol–water partition coefficient (Wildman–Crippen LogP) is 1.14. The van der Waals surface area contributed by atoms with E-state index in [1.807, 2.05) is 11.7 Å². The van der Waals surface area contributed by atoms with Gasteiger partial charge in [-0.2, -0.15) is 5.10 Å². The highest BCUT2D eigenvalue weighted by molar-refractivity contribution is 5.83. The Hall–Kier alpha value is -1.40. The molecule has 24 heavy (non-hydrogen) atoms. The number of nitrogens with zero attached hydrogens (tertiary/aromatic N) is 4. The molecule has 3 fully saturated rings. The van der Waals surface area contributed by atoms with E-state index >= 15 is 0 Å². The van der Waals surface area contributed by atoms with Gasteiger partial charge < -0.3 is 9.64 Å². The Bertz CT molecular complexity index is 654. The van der Waals surface area contributed by atoms with Crippen LogP contribution in [0, 0.1) is 17.8 Å². The smallest absolute Gasteiger partial charge is 0.227 e. The molecule has 0 aromatic carbocycles. The Kier molecular flexibility index (Phi) is 3.45. The summed E-state index contributed by atoms with van der Waals surface area (Å²) in [5.74, 6) is 1.55. The molecule has 1 aromatic rings. The Morgan fingerprint density at radius 2 is 1.92 bits per heavy atom. The molecule has 0 N–H and O–H groups in total. The van der Waals surface area contributed by atoms with Crippen LogP contribution in [0.5, 0.6) is 0 Å². The zero-order chi connectivity index (χ0) is 16.3. The fourth-order valence-corrected chi connectivity index (χ4v) is 4.90. The average molecular weight is 330 g/mol. The molecule has 2 saturated heterocycles. The minimum atomic E-state index is 0.228. The van der Waals surface area contributed by atoms with Crippen molar-refractivity contribution in [1.29, 1.82) is 0 Å². The highest BCUT2D eigenvalue weighted by Crippen LogP contribution is 2.52. The van der Waals surface area contributed by atoms with Gasteiger partial charge in [0.1, 0.15) is 0 Å². The fraction of sp³-hybridized carbons (Fsp3) is 0.778. The molecule has 5 rings (SSSR count). The number of amides is 1. The van der Waals surface area contributed by atoms with Gasteiger partial charge in [0, 0.05) is 31.6 Å². The predicted molar refractivity (Wildman–Crippen MR) is 87.9 cm³/mol. The minimum Gasteiger partial charge on any atom is -0.381 e. The van der Waals surface area contributed by atoms with Gasteiger partial charge in [-0.3, -0.25) is 14.4 Å². The molecule has 4 aliphatic rings. The number of rotatable bonds is 3. The standard InChI is InChI=1S/C18H26N4O2/c1-20-16-9-22(18(23)17-13-10-24-11-14(13)17)7-12(16)15(19-20)8-21-5-3-2-4-6-21/h13-14,17H,2-11H2,1H3/t13-,14+,17?. The van der Waals surface area contributed by atoms with Crippen LogP contribution in [0.4, 0.5) is 0 Å². The van der Waals surface area contributed by atoms with Crippen LogP contribution in [0.3, 0.4) is 0 Å². The second-order valence-corrected chi connectivity index (χ2v) is 7.92. The SMILES string of the molecule is Cn1nc(CN2CCCCC2)c2c1CN(C(=O)C1[C@H]3COC[C@@H]13)C2. The second kappa shape index (κ2) is 5.56. The van der Waals surface area contributed by atoms with E-state index in [-0.39, 0.29) is 5.92 Å². The number of carbonyl (C=O) groups is 1. The van der Waals surface area contributed by atoms with Crippen LogP contribution >= 0.6 is 0 Å². The first kappa shape index (κ1) is 14.9. The number of fused-ring (bicyclic) bond motifs is 2. The second-order valence-electron chi connectivity index (χ2n) is 7.92. The van der Waals surface area contributed by atoms with Crippen LogP contribution in [0.2, 0.25) is 0 Å². The topological polar surface area (TPSA) is 50.6 Å². The number of ether oxygens (including phenoxy) is 1. The van der Waals surface area contributed by atoms with Crippen LogP contribution in [0.25, 0.3) is 0 Å². The zero-order valence-corrected chi connectivity index (χ0v) is 14.4. The maximum atomic E-state index is 12.8. The molecule has 1 amide bonds. The van der Waals surface area contributed by atoms with E-state index in [0.29, 0.717) is 17.7 Å². The lowest BCUT2D eigenvalue weighted by Gasteiger charge is -2.26. The first-order valence-corrected chi connectivity index (χ1v) is 9.35. The summed E-state index contributed by atoms with van der Waals surface area (Å²) in [6, 6.07) is 0. The van der Waals surface area contributed by atoms with Crippen molar-refractivity contribution in [1.82, 2.24) is 19.6 Å². The van der Waals surface area contributed by atoms with E-state index in [0.717, 1.165) is 32.8 Å². The van der Waals surface area contributed by atoms with Crippen LogP contribution in [-0.2, 0) is 36.2 Å². The quantitative estimate of drug-likeness (QED) is 0.834. The van der Waals surface area contributed by atoms with E-state index < -0.39 is 0 Å². The third-order valence-electron chi connectivity index (χ3n) is 6.42. The molecule has 0 bridgehead atoms. The van der Waals surface area contributed by atoms with Crippen molar-refractivity contribution in [3.05, 3.63) is 17.0 Å². The lowest BCUT2D eigenvalue weighted by atomic mass is 10.1. The van der Waals surface area contributed by atoms with Crippen molar-refractivity contribution in [3.63, 3.8) is 0 Å². The number of carbonyl (C=O) groups excluding carboxylic acids is 1. The van der Waals surface area contributed by atoms with Gasteiger partial charge in [-0.15, -0.1) is 0 Å². The van der Waals surface area contributed by atoms with Gasteiger partial charge in [0.15, 0.2) is 0 Å². The monoisotopic (exact) mass is 330 g/mol. The molecule has 1 aliphatic carbocycles. The molecule has 3 atom stereocenters. The summed E-state index contributed by atoms with van der Waals surface area (Å²) in [7, 11) is 2.02. The molecule has 6 nitrogen and oxygen atoms in total. The van der Waals surface area contributed by atoms with Crippen molar-refractivity contribution in [3.8, 4) is 0 Å². The summed E-state index contributed by atoms with van der Waals surface area (Å²) >= 11 is 0. The van der Waals surface area contributed by atoms with E-state index in [2.05, 4.69) is 9.80 Å². The normalized spacial score (nSPS) is 32.0. The molecule has 4 heterocycles. The number of aryl methyl sites for hydroxylation is 1. The van der Waals surface area contributed by atoms with Crippen molar-refractivity contribution in [2.24, 2.45) is 24.8 Å². The van der Waals surface area contributed by atoms with Gasteiger partial charge in [-0.05, 0) is 37.8 Å². The van der Waals surface area contributed by atoms with Gasteiger partial charge in [-0.1, -0.05) is 6.42 Å². The van der Waals surface area contributed by atoms with Gasteiger partial charge in [0.25, 0.3) is 0 Å². The number of likely N-dealkylation sites (tertiary alicyclic amines) is 1. The van der Waals surface area contributed by atoms with Crippen LogP contribution in [0.1, 0.15) is 36.2 Å². The highest BCUT2D eigenvalue weighted by Gasteiger charge is 2.59. The first-order chi connectivity index (χ1) is 11.7. The van der Waals surface area contributed by atoms with Crippen molar-refractivity contribution >= 4 is 5.91 Å². The molecule has 130 valence electrons. The van der Waals surface area contributed by atoms with E-state index in [1.165, 1.54) is 49.3 Å². The maximum Gasteiger partial charge on any atom is 0.227 e. The minimum absolute atomic E-state index is 0.228. The molecule has 1 unspecified atom stereocenters. The van der Waals surface area contributed by atoms with Gasteiger partial charge in [0.05, 0.1) is 31.1 Å². The van der Waals surface area contributed by atoms with Gasteiger partial charge in [-0.25, -0.2) is 0 Å². The number of hydrogen-bond donors (Lipinski definition) is 0. The maximum absolute atomic E-state index is 12.8. The molecule has 1 aromatic heterocycles. The third-order valence-corrected chi connectivity index (χ3v) is 6.42. The third kappa shape index (κ3) is 2.30. The average Bonchev–Trinajstić information content (AvgIpc) is 2.98. The summed E-state index contributed by atoms with van der Waals surface area (Å²) < 4.78 is 7.43. The first-order valence-electron chi connectivity index (χ1n) is 9.35. The number of hydrogen-bond acceptors (Lipinski definition) is 4. The van der Waals surface area contributed by atoms with Gasteiger partial charge in [0.2, 0.25) is 5.91 Å². The Balaban J connectivity index is 1.29. The molecular formula is C18H26N4O2. The van der Waals surface area contributed by atoms with E-state index in [9.17, 15) is 4.79 Å². The fourth-order valence-electron chi connectivity index (χ4n) is 4.90. The Morgan fingerprint density at radius 1 is 1.17 bits per heavy atom. The summed E-state index contributed by atoms with van der Waals surface area (Å²) in [6.07, 6.45) is 3.95. The molecule has 0 radical (unpaired) electrons. The largest absolute Gasteiger partial charge is 0.381 e. The molecule has 1 saturated carbocycles. The van der Waals surface area contributed by atoms with Crippen LogP contribution in [0.15, 0.2) is 0 Å². The lowest BCUT2D eigenvalue weighted by molar-refractivity contribution is -0.134. The van der Waals surface area contributed by atoms with E-state index in [4.69, 9.17) is 9.84 Å². The summed E-state index contributed by atoms with van der Waals surface area (Å²) in [5, 5.41) is 4.75. The molecular weight excluding hydrogens is 304 g/mol.